The van der Waals surface area contributed by atoms with Gasteiger partial charge in [0.1, 0.15) is 11.2 Å². The van der Waals surface area contributed by atoms with Crippen molar-refractivity contribution in [2.24, 2.45) is 5.92 Å². The number of rotatable bonds is 3. The van der Waals surface area contributed by atoms with E-state index < -0.39 is 5.54 Å². The molecule has 0 spiro atoms. The molecule has 2 amide bonds. The molecule has 3 aromatic rings. The van der Waals surface area contributed by atoms with Crippen molar-refractivity contribution < 1.29 is 4.79 Å². The molecule has 0 saturated heterocycles. The van der Waals surface area contributed by atoms with E-state index in [2.05, 4.69) is 22.1 Å². The summed E-state index contributed by atoms with van der Waals surface area (Å²) in [6.07, 6.45) is 3.64. The highest BCUT2D eigenvalue weighted by atomic mass is 35.5. The van der Waals surface area contributed by atoms with Crippen LogP contribution < -0.4 is 10.2 Å². The number of urea groups is 1. The van der Waals surface area contributed by atoms with Crippen molar-refractivity contribution in [1.82, 2.24) is 10.3 Å². The van der Waals surface area contributed by atoms with Crippen LogP contribution in [0.4, 0.5) is 10.5 Å². The number of carbonyl (C=O) groups excluding carboxylic acids is 1. The number of halogens is 3. The summed E-state index contributed by atoms with van der Waals surface area (Å²) in [4.78, 5) is 19.4. The molecule has 1 fully saturated rings. The van der Waals surface area contributed by atoms with E-state index in [9.17, 15) is 4.79 Å². The van der Waals surface area contributed by atoms with E-state index in [0.717, 1.165) is 24.1 Å². The van der Waals surface area contributed by atoms with E-state index in [1.807, 2.05) is 30.3 Å². The Morgan fingerprint density at radius 1 is 1.06 bits per heavy atom. The maximum atomic E-state index is 13.4. The molecule has 1 aliphatic carbocycles. The molecule has 0 unspecified atom stereocenters. The Morgan fingerprint density at radius 3 is 2.53 bits per heavy atom. The number of nitrogens with one attached hydrogen (secondary N) is 1. The fourth-order valence-electron chi connectivity index (χ4n) is 4.11. The van der Waals surface area contributed by atoms with Gasteiger partial charge in [0.15, 0.2) is 0 Å². The van der Waals surface area contributed by atoms with Crippen LogP contribution in [-0.2, 0) is 12.1 Å². The summed E-state index contributed by atoms with van der Waals surface area (Å²) in [5.74, 6) is 6.71. The number of pyridine rings is 1. The summed E-state index contributed by atoms with van der Waals surface area (Å²) in [6.45, 7) is 0.230. The first-order valence-electron chi connectivity index (χ1n) is 10.2. The molecule has 160 valence electrons. The molecule has 2 aliphatic rings. The van der Waals surface area contributed by atoms with Gasteiger partial charge in [0.05, 0.1) is 12.2 Å². The Hall–Kier alpha value is -2.71. The first kappa shape index (κ1) is 21.2. The van der Waals surface area contributed by atoms with Gasteiger partial charge < -0.3 is 5.32 Å². The standard InChI is InChI=1S/C25H18Cl3N3O/c26-17-9-10-23-20(14-17)25(16-7-8-16,12-11-18-4-1-2-13-29-18)30-24(32)31(23)15-19-21(27)5-3-6-22(19)28/h1-6,9-10,13-14,16H,7-8,15H2,(H,30,32)/t25-/m1/s1. The minimum Gasteiger partial charge on any atom is -0.317 e. The third-order valence-electron chi connectivity index (χ3n) is 5.84. The Kier molecular flexibility index (Phi) is 5.51. The zero-order chi connectivity index (χ0) is 22.3. The second-order valence-corrected chi connectivity index (χ2v) is 9.18. The zero-order valence-corrected chi connectivity index (χ0v) is 19.2. The second-order valence-electron chi connectivity index (χ2n) is 7.93. The quantitative estimate of drug-likeness (QED) is 0.437. The minimum atomic E-state index is -0.838. The largest absolute Gasteiger partial charge is 0.323 e. The maximum absolute atomic E-state index is 13.4. The van der Waals surface area contributed by atoms with Gasteiger partial charge in [-0.05, 0) is 67.1 Å². The lowest BCUT2D eigenvalue weighted by atomic mass is 9.82. The fraction of sp³-hybridized carbons (Fsp3) is 0.200. The zero-order valence-electron chi connectivity index (χ0n) is 16.9. The molecule has 0 radical (unpaired) electrons. The van der Waals surface area contributed by atoms with Crippen LogP contribution in [-0.4, -0.2) is 11.0 Å². The van der Waals surface area contributed by atoms with Crippen LogP contribution in [0.1, 0.15) is 29.7 Å². The molecule has 1 atom stereocenters. The minimum absolute atomic E-state index is 0.200. The lowest BCUT2D eigenvalue weighted by Crippen LogP contribution is -2.57. The fourth-order valence-corrected chi connectivity index (χ4v) is 4.80. The summed E-state index contributed by atoms with van der Waals surface area (Å²) >= 11 is 19.2. The molecule has 4 nitrogen and oxygen atoms in total. The van der Waals surface area contributed by atoms with E-state index in [1.54, 1.807) is 35.4 Å². The lowest BCUT2D eigenvalue weighted by Gasteiger charge is -2.41. The number of anilines is 1. The molecule has 1 aromatic heterocycles. The first-order chi connectivity index (χ1) is 15.5. The Morgan fingerprint density at radius 2 is 1.84 bits per heavy atom. The summed E-state index contributed by atoms with van der Waals surface area (Å²) in [6, 6.07) is 16.2. The number of hydrogen-bond donors (Lipinski definition) is 1. The van der Waals surface area contributed by atoms with Crippen LogP contribution in [0.25, 0.3) is 0 Å². The van der Waals surface area contributed by atoms with E-state index in [4.69, 9.17) is 34.8 Å². The molecular formula is C25H18Cl3N3O. The predicted molar refractivity (Wildman–Crippen MR) is 128 cm³/mol. The van der Waals surface area contributed by atoms with Gasteiger partial charge in [-0.25, -0.2) is 9.78 Å². The summed E-state index contributed by atoms with van der Waals surface area (Å²) in [5.41, 5.74) is 2.12. The number of carbonyl (C=O) groups is 1. The van der Waals surface area contributed by atoms with E-state index in [-0.39, 0.29) is 18.5 Å². The van der Waals surface area contributed by atoms with Crippen molar-refractivity contribution in [3.63, 3.8) is 0 Å². The van der Waals surface area contributed by atoms with E-state index in [1.165, 1.54) is 0 Å². The third kappa shape index (κ3) is 3.82. The van der Waals surface area contributed by atoms with Gasteiger partial charge in [-0.1, -0.05) is 52.9 Å². The van der Waals surface area contributed by atoms with Gasteiger partial charge >= 0.3 is 6.03 Å². The first-order valence-corrected chi connectivity index (χ1v) is 11.4. The molecule has 2 heterocycles. The van der Waals surface area contributed by atoms with Crippen molar-refractivity contribution in [3.05, 3.63) is 92.7 Å². The van der Waals surface area contributed by atoms with Gasteiger partial charge in [0.2, 0.25) is 0 Å². The molecule has 32 heavy (non-hydrogen) atoms. The third-order valence-corrected chi connectivity index (χ3v) is 6.79. The summed E-state index contributed by atoms with van der Waals surface area (Å²) in [7, 11) is 0. The topological polar surface area (TPSA) is 45.2 Å². The maximum Gasteiger partial charge on any atom is 0.323 e. The van der Waals surface area contributed by atoms with Gasteiger partial charge in [0, 0.05) is 32.4 Å². The molecule has 2 aromatic carbocycles. The molecule has 0 bridgehead atoms. The van der Waals surface area contributed by atoms with Crippen LogP contribution in [0.3, 0.4) is 0 Å². The SMILES string of the molecule is O=C1N[C@](C#Cc2ccccn2)(C2CC2)c2cc(Cl)ccc2N1Cc1c(Cl)cccc1Cl. The number of aromatic nitrogens is 1. The number of amides is 2. The van der Waals surface area contributed by atoms with Crippen LogP contribution in [0.2, 0.25) is 15.1 Å². The number of benzene rings is 2. The van der Waals surface area contributed by atoms with Crippen molar-refractivity contribution in [2.75, 3.05) is 4.90 Å². The van der Waals surface area contributed by atoms with E-state index in [0.29, 0.717) is 26.3 Å². The normalized spacial score (nSPS) is 19.6. The monoisotopic (exact) mass is 481 g/mol. The molecule has 7 heteroatoms. The Labute approximate surface area is 201 Å². The lowest BCUT2D eigenvalue weighted by molar-refractivity contribution is 0.231. The highest BCUT2D eigenvalue weighted by Crippen LogP contribution is 2.51. The molecule has 1 aliphatic heterocycles. The van der Waals surface area contributed by atoms with Crippen LogP contribution in [0, 0.1) is 17.8 Å². The number of fused-ring (bicyclic) bond motifs is 1. The second kappa shape index (κ2) is 8.33. The Balaban J connectivity index is 1.63. The number of nitrogens with zero attached hydrogens (tertiary/aromatic N) is 2. The van der Waals surface area contributed by atoms with Crippen molar-refractivity contribution in [3.8, 4) is 11.8 Å². The highest BCUT2D eigenvalue weighted by molar-refractivity contribution is 6.36. The highest BCUT2D eigenvalue weighted by Gasteiger charge is 2.51. The summed E-state index contributed by atoms with van der Waals surface area (Å²) < 4.78 is 0. The number of hydrogen-bond acceptors (Lipinski definition) is 2. The van der Waals surface area contributed by atoms with Crippen LogP contribution in [0.15, 0.2) is 60.8 Å². The van der Waals surface area contributed by atoms with Gasteiger partial charge in [-0.3, -0.25) is 4.90 Å². The van der Waals surface area contributed by atoms with Crippen molar-refractivity contribution in [1.29, 1.82) is 0 Å². The van der Waals surface area contributed by atoms with Crippen LogP contribution >= 0.6 is 34.8 Å². The van der Waals surface area contributed by atoms with Gasteiger partial charge in [-0.2, -0.15) is 0 Å². The van der Waals surface area contributed by atoms with E-state index >= 15 is 0 Å². The average molecular weight is 483 g/mol. The van der Waals surface area contributed by atoms with Crippen molar-refractivity contribution >= 4 is 46.5 Å². The van der Waals surface area contributed by atoms with Gasteiger partial charge in [0.25, 0.3) is 0 Å². The smallest absolute Gasteiger partial charge is 0.317 e. The predicted octanol–water partition coefficient (Wildman–Crippen LogP) is 6.43. The average Bonchev–Trinajstić information content (AvgIpc) is 3.63. The summed E-state index contributed by atoms with van der Waals surface area (Å²) in [5, 5.41) is 4.80. The Bertz CT molecular complexity index is 1240. The van der Waals surface area contributed by atoms with Crippen LogP contribution in [0.5, 0.6) is 0 Å². The molecule has 5 rings (SSSR count). The van der Waals surface area contributed by atoms with Crippen molar-refractivity contribution in [2.45, 2.75) is 24.9 Å². The van der Waals surface area contributed by atoms with Gasteiger partial charge in [-0.15, -0.1) is 0 Å². The molecular weight excluding hydrogens is 465 g/mol. The molecule has 1 saturated carbocycles. The molecule has 1 N–H and O–H groups in total.